The Morgan fingerprint density at radius 1 is 1.24 bits per heavy atom. The van der Waals surface area contributed by atoms with Gasteiger partial charge in [-0.3, -0.25) is 10.1 Å². The molecule has 1 atom stereocenters. The molecular weight excluding hydrogens is 434 g/mol. The van der Waals surface area contributed by atoms with Gasteiger partial charge in [-0.15, -0.1) is 10.2 Å². The molecule has 9 nitrogen and oxygen atoms in total. The number of nitrogens with zero attached hydrogens (tertiary/aromatic N) is 3. The summed E-state index contributed by atoms with van der Waals surface area (Å²) < 4.78 is 32.9. The molecule has 0 aliphatic heterocycles. The Morgan fingerprint density at radius 2 is 1.97 bits per heavy atom. The number of aromatic nitrogens is 3. The smallest absolute Gasteiger partial charge is 0.246 e. The zero-order valence-electron chi connectivity index (χ0n) is 15.9. The van der Waals surface area contributed by atoms with Gasteiger partial charge in [-0.25, -0.2) is 8.42 Å². The van der Waals surface area contributed by atoms with Crippen LogP contribution in [-0.2, 0) is 20.6 Å². The average molecular weight is 454 g/mol. The summed E-state index contributed by atoms with van der Waals surface area (Å²) in [7, 11) is -3.95. The molecule has 0 spiro atoms. The molecule has 1 amide bonds. The maximum absolute atomic E-state index is 12.5. The molecule has 2 N–H and O–H groups in total. The standard InChI is InChI=1S/C17H19N5O4S3/c1-10-14(12(3)26-21-10)29(24,25)22-11(2)15(23)18-16-19-20-17(28-16)27-9-13-7-5-4-6-8-13/h4-8,11,22H,9H2,1-3H3,(H,18,19,23)/t11-/m0/s1. The van der Waals surface area contributed by atoms with Crippen molar-refractivity contribution in [3.05, 3.63) is 47.3 Å². The maximum atomic E-state index is 12.5. The second-order valence-electron chi connectivity index (χ2n) is 6.13. The summed E-state index contributed by atoms with van der Waals surface area (Å²) in [5, 5.41) is 14.5. The molecule has 1 aromatic carbocycles. The zero-order chi connectivity index (χ0) is 21.0. The first-order chi connectivity index (χ1) is 13.8. The van der Waals surface area contributed by atoms with Gasteiger partial charge in [-0.1, -0.05) is 58.6 Å². The first-order valence-electron chi connectivity index (χ1n) is 8.52. The van der Waals surface area contributed by atoms with E-state index in [1.807, 2.05) is 30.3 Å². The van der Waals surface area contributed by atoms with Crippen molar-refractivity contribution in [2.45, 2.75) is 41.8 Å². The van der Waals surface area contributed by atoms with E-state index in [9.17, 15) is 13.2 Å². The number of carbonyl (C=O) groups is 1. The fraction of sp³-hybridized carbons (Fsp3) is 0.294. The molecule has 0 radical (unpaired) electrons. The lowest BCUT2D eigenvalue weighted by molar-refractivity contribution is -0.117. The summed E-state index contributed by atoms with van der Waals surface area (Å²) in [6.07, 6.45) is 0. The number of anilines is 1. The number of hydrogen-bond donors (Lipinski definition) is 2. The lowest BCUT2D eigenvalue weighted by atomic mass is 10.2. The Labute approximate surface area is 176 Å². The molecule has 0 unspecified atom stereocenters. The first-order valence-corrected chi connectivity index (χ1v) is 11.8. The predicted molar refractivity (Wildman–Crippen MR) is 110 cm³/mol. The Hall–Kier alpha value is -2.28. The highest BCUT2D eigenvalue weighted by atomic mass is 32.2. The summed E-state index contributed by atoms with van der Waals surface area (Å²) >= 11 is 2.73. The second-order valence-corrected chi connectivity index (χ2v) is 9.98. The Balaban J connectivity index is 1.58. The number of rotatable bonds is 8. The summed E-state index contributed by atoms with van der Waals surface area (Å²) in [6.45, 7) is 4.46. The molecule has 2 aromatic heterocycles. The van der Waals surface area contributed by atoms with Crippen LogP contribution in [0, 0.1) is 13.8 Å². The van der Waals surface area contributed by atoms with E-state index >= 15 is 0 Å². The molecule has 0 aliphatic carbocycles. The van der Waals surface area contributed by atoms with Gasteiger partial charge in [0.2, 0.25) is 21.1 Å². The highest BCUT2D eigenvalue weighted by Crippen LogP contribution is 2.28. The van der Waals surface area contributed by atoms with E-state index in [-0.39, 0.29) is 16.3 Å². The molecule has 12 heteroatoms. The van der Waals surface area contributed by atoms with Gasteiger partial charge in [0.25, 0.3) is 0 Å². The average Bonchev–Trinajstić information content (AvgIpc) is 3.26. The van der Waals surface area contributed by atoms with E-state index < -0.39 is 22.0 Å². The lowest BCUT2D eigenvalue weighted by Crippen LogP contribution is -2.41. The third-order valence-electron chi connectivity index (χ3n) is 3.80. The van der Waals surface area contributed by atoms with E-state index in [4.69, 9.17) is 4.52 Å². The number of amides is 1. The Morgan fingerprint density at radius 3 is 2.62 bits per heavy atom. The van der Waals surface area contributed by atoms with Gasteiger partial charge in [0.15, 0.2) is 10.1 Å². The van der Waals surface area contributed by atoms with E-state index in [2.05, 4.69) is 25.4 Å². The normalized spacial score (nSPS) is 12.7. The molecule has 154 valence electrons. The van der Waals surface area contributed by atoms with Gasteiger partial charge < -0.3 is 4.52 Å². The number of nitrogens with one attached hydrogen (secondary N) is 2. The van der Waals surface area contributed by atoms with Crippen molar-refractivity contribution in [1.29, 1.82) is 0 Å². The molecule has 0 bridgehead atoms. The zero-order valence-corrected chi connectivity index (χ0v) is 18.3. The number of thioether (sulfide) groups is 1. The fourth-order valence-electron chi connectivity index (χ4n) is 2.46. The van der Waals surface area contributed by atoms with Gasteiger partial charge in [0.1, 0.15) is 10.6 Å². The maximum Gasteiger partial charge on any atom is 0.246 e. The van der Waals surface area contributed by atoms with Crippen LogP contribution < -0.4 is 10.0 Å². The van der Waals surface area contributed by atoms with Crippen molar-refractivity contribution in [3.8, 4) is 0 Å². The minimum atomic E-state index is -3.95. The van der Waals surface area contributed by atoms with E-state index in [1.54, 1.807) is 0 Å². The van der Waals surface area contributed by atoms with Crippen LogP contribution in [0.15, 0.2) is 44.1 Å². The number of sulfonamides is 1. The summed E-state index contributed by atoms with van der Waals surface area (Å²) in [5.41, 5.74) is 1.38. The monoisotopic (exact) mass is 453 g/mol. The van der Waals surface area contributed by atoms with Crippen LogP contribution in [0.25, 0.3) is 0 Å². The van der Waals surface area contributed by atoms with Crippen molar-refractivity contribution in [2.75, 3.05) is 5.32 Å². The minimum absolute atomic E-state index is 0.0623. The molecule has 0 aliphatic rings. The Bertz CT molecular complexity index is 1080. The molecule has 0 saturated carbocycles. The summed E-state index contributed by atoms with van der Waals surface area (Å²) in [6, 6.07) is 8.89. The third-order valence-corrected chi connectivity index (χ3v) is 7.63. The van der Waals surface area contributed by atoms with Gasteiger partial charge in [-0.2, -0.15) is 4.72 Å². The van der Waals surface area contributed by atoms with Crippen LogP contribution in [0.1, 0.15) is 23.9 Å². The Kier molecular flexibility index (Phi) is 6.67. The summed E-state index contributed by atoms with van der Waals surface area (Å²) in [5.74, 6) is 0.347. The van der Waals surface area contributed by atoms with Crippen LogP contribution in [0.4, 0.5) is 5.13 Å². The van der Waals surface area contributed by atoms with Crippen LogP contribution >= 0.6 is 23.1 Å². The van der Waals surface area contributed by atoms with Gasteiger partial charge in [-0.05, 0) is 26.3 Å². The van der Waals surface area contributed by atoms with Crippen LogP contribution in [0.2, 0.25) is 0 Å². The predicted octanol–water partition coefficient (Wildman–Crippen LogP) is 2.74. The van der Waals surface area contributed by atoms with Crippen molar-refractivity contribution < 1.29 is 17.7 Å². The lowest BCUT2D eigenvalue weighted by Gasteiger charge is -2.12. The second kappa shape index (κ2) is 9.03. The van der Waals surface area contributed by atoms with Crippen LogP contribution in [-0.4, -0.2) is 35.7 Å². The third kappa shape index (κ3) is 5.41. The number of hydrogen-bond acceptors (Lipinski definition) is 9. The van der Waals surface area contributed by atoms with Gasteiger partial charge in [0, 0.05) is 5.75 Å². The first kappa shape index (κ1) is 21.4. The van der Waals surface area contributed by atoms with Crippen molar-refractivity contribution in [3.63, 3.8) is 0 Å². The van der Waals surface area contributed by atoms with E-state index in [0.717, 1.165) is 11.3 Å². The van der Waals surface area contributed by atoms with Crippen LogP contribution in [0.5, 0.6) is 0 Å². The van der Waals surface area contributed by atoms with E-state index in [0.29, 0.717) is 9.47 Å². The largest absolute Gasteiger partial charge is 0.360 e. The van der Waals surface area contributed by atoms with Crippen molar-refractivity contribution >= 4 is 44.2 Å². The fourth-order valence-corrected chi connectivity index (χ4v) is 5.70. The number of aryl methyl sites for hydroxylation is 2. The SMILES string of the molecule is Cc1noc(C)c1S(=O)(=O)N[C@@H](C)C(=O)Nc1nnc(SCc2ccccc2)s1. The molecule has 3 aromatic rings. The molecule has 0 fully saturated rings. The molecule has 0 saturated heterocycles. The topological polar surface area (TPSA) is 127 Å². The van der Waals surface area contributed by atoms with Gasteiger partial charge in [0.05, 0.1) is 6.04 Å². The van der Waals surface area contributed by atoms with Crippen molar-refractivity contribution in [1.82, 2.24) is 20.1 Å². The quantitative estimate of drug-likeness (QED) is 0.394. The van der Waals surface area contributed by atoms with Gasteiger partial charge >= 0.3 is 0 Å². The van der Waals surface area contributed by atoms with Crippen molar-refractivity contribution in [2.24, 2.45) is 0 Å². The minimum Gasteiger partial charge on any atom is -0.360 e. The molecular formula is C17H19N5O4S3. The highest BCUT2D eigenvalue weighted by molar-refractivity contribution is 8.00. The molecule has 3 rings (SSSR count). The molecule has 29 heavy (non-hydrogen) atoms. The number of benzene rings is 1. The van der Waals surface area contributed by atoms with E-state index in [1.165, 1.54) is 43.9 Å². The molecule has 2 heterocycles. The summed E-state index contributed by atoms with van der Waals surface area (Å²) in [4.78, 5) is 12.3. The van der Waals surface area contributed by atoms with Crippen LogP contribution in [0.3, 0.4) is 0 Å². The highest BCUT2D eigenvalue weighted by Gasteiger charge is 2.28. The number of carbonyl (C=O) groups excluding carboxylic acids is 1.